The molecule has 1 rings (SSSR count). The molecule has 0 saturated carbocycles. The average Bonchev–Trinajstić information content (AvgIpc) is 2.03. The van der Waals surface area contributed by atoms with Crippen LogP contribution in [-0.2, 0) is 26.2 Å². The topological polar surface area (TPSA) is 9.23 Å². The van der Waals surface area contributed by atoms with Crippen LogP contribution >= 0.6 is 0 Å². The number of hydrogen-bond donors (Lipinski definition) is 0. The molecule has 69 valence electrons. The van der Waals surface area contributed by atoms with E-state index in [0.717, 1.165) is 5.75 Å². The Balaban J connectivity index is 3.24. The number of rotatable bonds is 1. The summed E-state index contributed by atoms with van der Waals surface area (Å²) in [6.07, 6.45) is 0. The van der Waals surface area contributed by atoms with Crippen molar-refractivity contribution in [1.29, 1.82) is 0 Å². The minimum absolute atomic E-state index is 0.150. The number of hydrogen-bond acceptors (Lipinski definition) is 1. The quantitative estimate of drug-likeness (QED) is 0.648. The van der Waals surface area contributed by atoms with Crippen LogP contribution in [0.25, 0.3) is 0 Å². The van der Waals surface area contributed by atoms with E-state index < -0.39 is 0 Å². The van der Waals surface area contributed by atoms with Gasteiger partial charge in [0, 0.05) is 0 Å². The molecule has 1 nitrogen and oxygen atoms in total. The Kier molecular flexibility index (Phi) is 3.20. The van der Waals surface area contributed by atoms with Gasteiger partial charge in [-0.25, -0.2) is 0 Å². The fraction of sp³-hybridized carbons (Fsp3) is 0.455. The molecule has 0 aliphatic rings. The fourth-order valence-electron chi connectivity index (χ4n) is 1.32. The van der Waals surface area contributed by atoms with Crippen LogP contribution in [0.5, 0.6) is 5.75 Å². The summed E-state index contributed by atoms with van der Waals surface area (Å²) in [5.41, 5.74) is 2.71. The molecule has 0 radical (unpaired) electrons. The molecule has 0 aliphatic carbocycles. The summed E-state index contributed by atoms with van der Waals surface area (Å²) in [6, 6.07) is 6.31. The molecular weight excluding hydrogens is 196 g/mol. The normalized spacial score (nSPS) is 11.3. The van der Waals surface area contributed by atoms with E-state index in [1.165, 1.54) is 11.1 Å². The van der Waals surface area contributed by atoms with Gasteiger partial charge in [0.25, 0.3) is 0 Å². The molecule has 0 bridgehead atoms. The second-order valence-electron chi connectivity index (χ2n) is 4.35. The van der Waals surface area contributed by atoms with Gasteiger partial charge in [-0.2, -0.15) is 0 Å². The van der Waals surface area contributed by atoms with Crippen LogP contribution in [0.2, 0.25) is 0 Å². The molecular formula is C11H15OTi. The van der Waals surface area contributed by atoms with Crippen molar-refractivity contribution in [1.82, 2.24) is 0 Å². The van der Waals surface area contributed by atoms with Crippen LogP contribution in [0.3, 0.4) is 0 Å². The van der Waals surface area contributed by atoms with Crippen LogP contribution < -0.4 is 3.32 Å². The van der Waals surface area contributed by atoms with Crippen molar-refractivity contribution in [2.75, 3.05) is 0 Å². The Labute approximate surface area is 92.4 Å². The monoisotopic (exact) mass is 211 g/mol. The third kappa shape index (κ3) is 2.59. The maximum atomic E-state index is 5.33. The Morgan fingerprint density at radius 2 is 1.85 bits per heavy atom. The first kappa shape index (κ1) is 10.8. The van der Waals surface area contributed by atoms with Gasteiger partial charge in [0.15, 0.2) is 0 Å². The SMILES string of the molecule is Cc1ccc([O][Ti])c(C(C)(C)C)c1. The third-order valence-corrected chi connectivity index (χ3v) is 2.40. The number of aryl methyl sites for hydroxylation is 1. The Morgan fingerprint density at radius 3 is 2.31 bits per heavy atom. The van der Waals surface area contributed by atoms with Crippen molar-refractivity contribution in [3.8, 4) is 5.75 Å². The zero-order valence-electron chi connectivity index (χ0n) is 8.64. The van der Waals surface area contributed by atoms with Gasteiger partial charge in [0.05, 0.1) is 0 Å². The fourth-order valence-corrected chi connectivity index (χ4v) is 1.60. The molecule has 13 heavy (non-hydrogen) atoms. The first-order chi connectivity index (χ1) is 5.95. The summed E-state index contributed by atoms with van der Waals surface area (Å²) in [6.45, 7) is 8.70. The van der Waals surface area contributed by atoms with E-state index in [0.29, 0.717) is 0 Å². The van der Waals surface area contributed by atoms with Crippen LogP contribution in [0, 0.1) is 6.92 Å². The molecule has 1 aromatic rings. The number of benzene rings is 1. The molecule has 0 heterocycles. The minimum atomic E-state index is 0.150. The predicted octanol–water partition coefficient (Wildman–Crippen LogP) is 3.13. The van der Waals surface area contributed by atoms with Gasteiger partial charge in [0.2, 0.25) is 0 Å². The van der Waals surface area contributed by atoms with Gasteiger partial charge in [-0.1, -0.05) is 0 Å². The van der Waals surface area contributed by atoms with E-state index in [2.05, 4.69) is 39.8 Å². The van der Waals surface area contributed by atoms with E-state index in [9.17, 15) is 0 Å². The van der Waals surface area contributed by atoms with E-state index in [4.69, 9.17) is 3.32 Å². The molecule has 0 fully saturated rings. The van der Waals surface area contributed by atoms with Crippen molar-refractivity contribution in [2.24, 2.45) is 0 Å². The second-order valence-corrected chi connectivity index (χ2v) is 4.67. The van der Waals surface area contributed by atoms with Gasteiger partial charge in [-0.05, 0) is 0 Å². The van der Waals surface area contributed by atoms with E-state index in [1.807, 2.05) is 6.07 Å². The predicted molar refractivity (Wildman–Crippen MR) is 50.5 cm³/mol. The molecule has 0 unspecified atom stereocenters. The van der Waals surface area contributed by atoms with Gasteiger partial charge in [0.1, 0.15) is 0 Å². The van der Waals surface area contributed by atoms with Gasteiger partial charge in [-0.3, -0.25) is 0 Å². The summed E-state index contributed by atoms with van der Waals surface area (Å²) in [5.74, 6) is 0.984. The molecule has 0 saturated heterocycles. The molecule has 0 amide bonds. The molecule has 0 N–H and O–H groups in total. The summed E-state index contributed by atoms with van der Waals surface area (Å²) < 4.78 is 5.33. The maximum absolute atomic E-state index is 5.33. The average molecular weight is 211 g/mol. The van der Waals surface area contributed by atoms with Crippen molar-refractivity contribution >= 4 is 0 Å². The Hall–Kier alpha value is -0.266. The van der Waals surface area contributed by atoms with Gasteiger partial charge in [-0.15, -0.1) is 0 Å². The molecule has 2 heteroatoms. The molecule has 0 aliphatic heterocycles. The van der Waals surface area contributed by atoms with Crippen molar-refractivity contribution in [3.63, 3.8) is 0 Å². The first-order valence-corrected chi connectivity index (χ1v) is 5.03. The molecule has 0 atom stereocenters. The summed E-state index contributed by atoms with van der Waals surface area (Å²) in [7, 11) is 0. The first-order valence-electron chi connectivity index (χ1n) is 4.40. The standard InChI is InChI=1S/C11H16O.Ti/c1-8-5-6-10(12)9(7-8)11(2,3)4;/h5-7,12H,1-4H3;/q;+1/p-1. The van der Waals surface area contributed by atoms with Crippen LogP contribution in [0.4, 0.5) is 0 Å². The summed E-state index contributed by atoms with van der Waals surface area (Å²) >= 11 is 1.72. The van der Waals surface area contributed by atoms with E-state index in [-0.39, 0.29) is 5.41 Å². The van der Waals surface area contributed by atoms with E-state index >= 15 is 0 Å². The van der Waals surface area contributed by atoms with Crippen LogP contribution in [0.1, 0.15) is 31.9 Å². The zero-order valence-corrected chi connectivity index (χ0v) is 10.2. The van der Waals surface area contributed by atoms with Crippen molar-refractivity contribution in [3.05, 3.63) is 29.3 Å². The molecule has 0 spiro atoms. The molecule has 1 aromatic carbocycles. The van der Waals surface area contributed by atoms with Gasteiger partial charge >= 0.3 is 92.3 Å². The Morgan fingerprint density at radius 1 is 1.23 bits per heavy atom. The second kappa shape index (κ2) is 3.85. The molecule has 0 aromatic heterocycles. The van der Waals surface area contributed by atoms with E-state index in [1.54, 1.807) is 20.8 Å². The summed E-state index contributed by atoms with van der Waals surface area (Å²) in [5, 5.41) is 0. The van der Waals surface area contributed by atoms with Crippen molar-refractivity contribution < 1.29 is 24.1 Å². The van der Waals surface area contributed by atoms with Crippen LogP contribution in [-0.4, -0.2) is 0 Å². The zero-order chi connectivity index (χ0) is 10.1. The summed E-state index contributed by atoms with van der Waals surface area (Å²) in [4.78, 5) is 0. The van der Waals surface area contributed by atoms with Gasteiger partial charge < -0.3 is 0 Å². The third-order valence-electron chi connectivity index (χ3n) is 2.05. The Bertz CT molecular complexity index is 299. The van der Waals surface area contributed by atoms with Crippen LogP contribution in [0.15, 0.2) is 18.2 Å². The van der Waals surface area contributed by atoms with Crippen molar-refractivity contribution in [2.45, 2.75) is 33.1 Å².